The van der Waals surface area contributed by atoms with Gasteiger partial charge in [-0.25, -0.2) is 0 Å². The van der Waals surface area contributed by atoms with Crippen LogP contribution in [0.4, 0.5) is 0 Å². The van der Waals surface area contributed by atoms with Crippen molar-refractivity contribution in [1.29, 1.82) is 0 Å². The first-order chi connectivity index (χ1) is 16.5. The van der Waals surface area contributed by atoms with Gasteiger partial charge in [0.05, 0.1) is 39.6 Å². The van der Waals surface area contributed by atoms with E-state index >= 15 is 0 Å². The number of benzene rings is 2. The molecule has 4 rings (SSSR count). The summed E-state index contributed by atoms with van der Waals surface area (Å²) in [6, 6.07) is 11.0. The van der Waals surface area contributed by atoms with Gasteiger partial charge >= 0.3 is 0 Å². The molecule has 2 aromatic carbocycles. The molecule has 1 aliphatic rings. The Balaban J connectivity index is 1.87. The standard InChI is InChI=1S/C25H25NO8/c1-30-12-11-26-20(15-8-6-10-17(32-3)24(15)33-4)19(22(28)25(26)29)21(27)18-13-14-7-5-9-16(31-2)23(14)34-18/h5-10,13,20,28H,11-12H2,1-4H3. The maximum Gasteiger partial charge on any atom is 0.290 e. The van der Waals surface area contributed by atoms with E-state index in [9.17, 15) is 14.7 Å². The molecule has 3 aromatic rings. The van der Waals surface area contributed by atoms with E-state index < -0.39 is 23.5 Å². The highest BCUT2D eigenvalue weighted by atomic mass is 16.5. The van der Waals surface area contributed by atoms with Crippen molar-refractivity contribution in [3.63, 3.8) is 0 Å². The van der Waals surface area contributed by atoms with Crippen LogP contribution >= 0.6 is 0 Å². The first-order valence-corrected chi connectivity index (χ1v) is 10.5. The number of Topliss-reactive ketones (excluding diaryl/α,β-unsaturated/α-hetero) is 1. The van der Waals surface area contributed by atoms with Gasteiger partial charge in [0.2, 0.25) is 5.78 Å². The lowest BCUT2D eigenvalue weighted by atomic mass is 9.94. The number of fused-ring (bicyclic) bond motifs is 1. The van der Waals surface area contributed by atoms with Crippen LogP contribution in [0.25, 0.3) is 11.0 Å². The van der Waals surface area contributed by atoms with Gasteiger partial charge in [-0.05, 0) is 18.2 Å². The molecule has 9 heteroatoms. The smallest absolute Gasteiger partial charge is 0.290 e. The highest BCUT2D eigenvalue weighted by Crippen LogP contribution is 2.45. The van der Waals surface area contributed by atoms with Crippen molar-refractivity contribution in [2.24, 2.45) is 0 Å². The number of furan rings is 1. The maximum atomic E-state index is 13.7. The molecule has 1 N–H and O–H groups in total. The van der Waals surface area contributed by atoms with E-state index in [1.54, 1.807) is 42.5 Å². The molecular formula is C25H25NO8. The predicted octanol–water partition coefficient (Wildman–Crippen LogP) is 3.68. The highest BCUT2D eigenvalue weighted by Gasteiger charge is 2.45. The van der Waals surface area contributed by atoms with Crippen LogP contribution in [0.5, 0.6) is 17.2 Å². The number of carbonyl (C=O) groups is 2. The van der Waals surface area contributed by atoms with Gasteiger partial charge in [-0.2, -0.15) is 0 Å². The van der Waals surface area contributed by atoms with E-state index in [1.807, 2.05) is 0 Å². The van der Waals surface area contributed by atoms with Crippen molar-refractivity contribution >= 4 is 22.7 Å². The van der Waals surface area contributed by atoms with Gasteiger partial charge in [-0.3, -0.25) is 9.59 Å². The molecule has 1 atom stereocenters. The maximum absolute atomic E-state index is 13.7. The minimum Gasteiger partial charge on any atom is -0.503 e. The number of hydrogen-bond acceptors (Lipinski definition) is 8. The number of para-hydroxylation sites is 2. The van der Waals surface area contributed by atoms with Crippen LogP contribution in [0.15, 0.2) is 58.2 Å². The van der Waals surface area contributed by atoms with Crippen molar-refractivity contribution in [3.8, 4) is 17.2 Å². The topological polar surface area (TPSA) is 108 Å². The van der Waals surface area contributed by atoms with Crippen molar-refractivity contribution in [3.05, 3.63) is 65.1 Å². The van der Waals surface area contributed by atoms with Crippen molar-refractivity contribution < 1.29 is 38.1 Å². The van der Waals surface area contributed by atoms with Gasteiger partial charge in [-0.15, -0.1) is 0 Å². The summed E-state index contributed by atoms with van der Waals surface area (Å²) in [5.41, 5.74) is 0.752. The number of ether oxygens (including phenoxy) is 4. The average Bonchev–Trinajstić information content (AvgIpc) is 3.41. The van der Waals surface area contributed by atoms with Crippen LogP contribution < -0.4 is 14.2 Å². The summed E-state index contributed by atoms with van der Waals surface area (Å²) in [5.74, 6) is -0.771. The second-order valence-electron chi connectivity index (χ2n) is 7.56. The fraction of sp³-hybridized carbons (Fsp3) is 0.280. The summed E-state index contributed by atoms with van der Waals surface area (Å²) in [6.45, 7) is 0.334. The summed E-state index contributed by atoms with van der Waals surface area (Å²) >= 11 is 0. The molecule has 0 fully saturated rings. The SMILES string of the molecule is COCCN1C(=O)C(O)=C(C(=O)c2cc3cccc(OC)c3o2)C1c1cccc(OC)c1OC. The second-order valence-corrected chi connectivity index (χ2v) is 7.56. The second kappa shape index (κ2) is 9.48. The third kappa shape index (κ3) is 3.73. The van der Waals surface area contributed by atoms with Crippen LogP contribution in [0.1, 0.15) is 22.2 Å². The molecule has 9 nitrogen and oxygen atoms in total. The van der Waals surface area contributed by atoms with Crippen molar-refractivity contribution in [1.82, 2.24) is 4.90 Å². The van der Waals surface area contributed by atoms with E-state index in [0.717, 1.165) is 0 Å². The van der Waals surface area contributed by atoms with Gasteiger partial charge < -0.3 is 33.4 Å². The zero-order valence-electron chi connectivity index (χ0n) is 19.3. The summed E-state index contributed by atoms with van der Waals surface area (Å²) in [5, 5.41) is 11.5. The number of amides is 1. The number of methoxy groups -OCH3 is 4. The Kier molecular flexibility index (Phi) is 6.47. The Morgan fingerprint density at radius 3 is 2.41 bits per heavy atom. The van der Waals surface area contributed by atoms with Gasteiger partial charge in [0.25, 0.3) is 5.91 Å². The third-order valence-electron chi connectivity index (χ3n) is 5.76. The van der Waals surface area contributed by atoms with Crippen LogP contribution in [-0.4, -0.2) is 63.3 Å². The lowest BCUT2D eigenvalue weighted by Gasteiger charge is -2.28. The molecule has 0 aliphatic carbocycles. The Bertz CT molecular complexity index is 1280. The zero-order valence-corrected chi connectivity index (χ0v) is 19.3. The van der Waals surface area contributed by atoms with E-state index in [2.05, 4.69) is 0 Å². The third-order valence-corrected chi connectivity index (χ3v) is 5.76. The minimum absolute atomic E-state index is 0.0331. The van der Waals surface area contributed by atoms with Crippen molar-refractivity contribution in [2.75, 3.05) is 41.6 Å². The Labute approximate surface area is 196 Å². The quantitative estimate of drug-likeness (QED) is 0.475. The summed E-state index contributed by atoms with van der Waals surface area (Å²) < 4.78 is 27.3. The number of nitrogens with zero attached hydrogens (tertiary/aromatic N) is 1. The van der Waals surface area contributed by atoms with Crippen molar-refractivity contribution in [2.45, 2.75) is 6.04 Å². The molecule has 0 radical (unpaired) electrons. The molecule has 1 aromatic heterocycles. The van der Waals surface area contributed by atoms with E-state index in [-0.39, 0.29) is 24.5 Å². The largest absolute Gasteiger partial charge is 0.503 e. The van der Waals surface area contributed by atoms with Gasteiger partial charge in [-0.1, -0.05) is 24.3 Å². The molecule has 0 saturated carbocycles. The molecular weight excluding hydrogens is 442 g/mol. The molecule has 1 aliphatic heterocycles. The number of aliphatic hydroxyl groups excluding tert-OH is 1. The predicted molar refractivity (Wildman–Crippen MR) is 123 cm³/mol. The molecule has 1 unspecified atom stereocenters. The molecule has 0 saturated heterocycles. The van der Waals surface area contributed by atoms with Gasteiger partial charge in [0.1, 0.15) is 0 Å². The minimum atomic E-state index is -0.949. The Morgan fingerprint density at radius 2 is 1.74 bits per heavy atom. The number of carbonyl (C=O) groups excluding carboxylic acids is 2. The number of aliphatic hydroxyl groups is 1. The normalized spacial score (nSPS) is 15.8. The van der Waals surface area contributed by atoms with Crippen LogP contribution in [-0.2, 0) is 9.53 Å². The lowest BCUT2D eigenvalue weighted by molar-refractivity contribution is -0.130. The first kappa shape index (κ1) is 23.2. The van der Waals surface area contributed by atoms with Gasteiger partial charge in [0.15, 0.2) is 34.4 Å². The van der Waals surface area contributed by atoms with Crippen LogP contribution in [0, 0.1) is 0 Å². The fourth-order valence-electron chi connectivity index (χ4n) is 4.20. The first-order valence-electron chi connectivity index (χ1n) is 10.5. The average molecular weight is 467 g/mol. The Hall–Kier alpha value is -3.98. The number of hydrogen-bond donors (Lipinski definition) is 1. The molecule has 0 bridgehead atoms. The fourth-order valence-corrected chi connectivity index (χ4v) is 4.20. The summed E-state index contributed by atoms with van der Waals surface area (Å²) in [4.78, 5) is 28.1. The molecule has 34 heavy (non-hydrogen) atoms. The molecule has 0 spiro atoms. The number of rotatable bonds is 9. The van der Waals surface area contributed by atoms with Crippen LogP contribution in [0.2, 0.25) is 0 Å². The molecule has 2 heterocycles. The van der Waals surface area contributed by atoms with E-state index in [1.165, 1.54) is 33.3 Å². The monoisotopic (exact) mass is 467 g/mol. The molecule has 1 amide bonds. The van der Waals surface area contributed by atoms with Crippen LogP contribution in [0.3, 0.4) is 0 Å². The molecule has 178 valence electrons. The Morgan fingerprint density at radius 1 is 1.03 bits per heavy atom. The number of ketones is 1. The summed E-state index contributed by atoms with van der Waals surface area (Å²) in [7, 11) is 5.96. The zero-order chi connectivity index (χ0) is 24.4. The van der Waals surface area contributed by atoms with Gasteiger partial charge in [0, 0.05) is 24.6 Å². The van der Waals surface area contributed by atoms with E-state index in [4.69, 9.17) is 23.4 Å². The lowest BCUT2D eigenvalue weighted by Crippen LogP contribution is -2.34. The van der Waals surface area contributed by atoms with E-state index in [0.29, 0.717) is 33.8 Å². The summed E-state index contributed by atoms with van der Waals surface area (Å²) in [6.07, 6.45) is 0. The highest BCUT2D eigenvalue weighted by molar-refractivity contribution is 6.16.